The maximum absolute atomic E-state index is 12.6. The van der Waals surface area contributed by atoms with Crippen LogP contribution in [0.5, 0.6) is 0 Å². The third kappa shape index (κ3) is 4.66. The Morgan fingerprint density at radius 2 is 2.21 bits per heavy atom. The number of ether oxygens (including phenoxy) is 3. The van der Waals surface area contributed by atoms with Crippen molar-refractivity contribution in [3.63, 3.8) is 0 Å². The molecule has 1 aliphatic rings. The molecule has 12 nitrogen and oxygen atoms in total. The molecule has 12 heteroatoms. The van der Waals surface area contributed by atoms with Gasteiger partial charge in [0.2, 0.25) is 11.6 Å². The van der Waals surface area contributed by atoms with Crippen molar-refractivity contribution in [2.45, 2.75) is 44.3 Å². The molecule has 0 aliphatic carbocycles. The number of aliphatic hydroxyl groups excluding tert-OH is 2. The molecule has 29 heavy (non-hydrogen) atoms. The van der Waals surface area contributed by atoms with Crippen molar-refractivity contribution in [3.05, 3.63) is 22.7 Å². The molecule has 0 spiro atoms. The predicted molar refractivity (Wildman–Crippen MR) is 95.3 cm³/mol. The Labute approximate surface area is 165 Å². The molecule has 0 radical (unpaired) electrons. The summed E-state index contributed by atoms with van der Waals surface area (Å²) < 4.78 is 17.0. The van der Waals surface area contributed by atoms with Gasteiger partial charge in [0.1, 0.15) is 30.9 Å². The molecule has 0 bridgehead atoms. The number of hydrogen-bond acceptors (Lipinski definition) is 10. The standard InChI is InChI=1S/C17H22N4O8/c1-10(23)17(21-6-4-13(19-11(2)24)20-16(21)26)15(14(25)12(8-22)29-17)28-9-27-7-3-5-18/h4,6,12,14-15,22,25H,3,7-9H2,1-2H3,(H,19,20,24,26)/t12-,14-,15-,17-/m1/s1. The Hall–Kier alpha value is -2.69. The first-order chi connectivity index (χ1) is 13.8. The summed E-state index contributed by atoms with van der Waals surface area (Å²) in [6.45, 7) is 1.39. The number of hydrogen-bond donors (Lipinski definition) is 3. The van der Waals surface area contributed by atoms with Crippen molar-refractivity contribution in [2.24, 2.45) is 0 Å². The number of Topliss-reactive ketones (excluding diaryl/α,β-unsaturated/α-hetero) is 1. The predicted octanol–water partition coefficient (Wildman–Crippen LogP) is -1.53. The summed E-state index contributed by atoms with van der Waals surface area (Å²) in [5, 5.41) is 30.9. The zero-order valence-corrected chi connectivity index (χ0v) is 15.9. The fraction of sp³-hybridized carbons (Fsp3) is 0.588. The van der Waals surface area contributed by atoms with Gasteiger partial charge in [-0.15, -0.1) is 0 Å². The highest BCUT2D eigenvalue weighted by molar-refractivity contribution is 5.87. The van der Waals surface area contributed by atoms with Crippen LogP contribution in [0.15, 0.2) is 17.1 Å². The van der Waals surface area contributed by atoms with Crippen molar-refractivity contribution in [3.8, 4) is 6.07 Å². The molecule has 1 aliphatic heterocycles. The highest BCUT2D eigenvalue weighted by Crippen LogP contribution is 2.38. The maximum Gasteiger partial charge on any atom is 0.352 e. The first-order valence-corrected chi connectivity index (χ1v) is 8.69. The number of ketones is 1. The lowest BCUT2D eigenvalue weighted by atomic mass is 9.98. The van der Waals surface area contributed by atoms with Crippen LogP contribution < -0.4 is 11.0 Å². The highest BCUT2D eigenvalue weighted by atomic mass is 16.7. The molecule has 1 saturated heterocycles. The van der Waals surface area contributed by atoms with Gasteiger partial charge in [-0.25, -0.2) is 4.79 Å². The fourth-order valence-corrected chi connectivity index (χ4v) is 3.00. The van der Waals surface area contributed by atoms with Crippen LogP contribution in [0.4, 0.5) is 5.82 Å². The summed E-state index contributed by atoms with van der Waals surface area (Å²) in [5.41, 5.74) is -3.07. The third-order valence-corrected chi connectivity index (χ3v) is 4.25. The first-order valence-electron chi connectivity index (χ1n) is 8.69. The second-order valence-corrected chi connectivity index (χ2v) is 6.25. The van der Waals surface area contributed by atoms with Crippen molar-refractivity contribution in [2.75, 3.05) is 25.3 Å². The first kappa shape index (κ1) is 22.6. The number of nitriles is 1. The Morgan fingerprint density at radius 1 is 1.48 bits per heavy atom. The average molecular weight is 410 g/mol. The molecule has 1 aromatic rings. The van der Waals surface area contributed by atoms with E-state index < -0.39 is 54.8 Å². The number of nitrogens with one attached hydrogen (secondary N) is 1. The van der Waals surface area contributed by atoms with E-state index in [9.17, 15) is 24.6 Å². The Bertz CT molecular complexity index is 851. The molecule has 2 heterocycles. The van der Waals surface area contributed by atoms with Crippen LogP contribution in [0.25, 0.3) is 0 Å². The lowest BCUT2D eigenvalue weighted by Crippen LogP contribution is -2.56. The molecule has 0 aromatic carbocycles. The number of aliphatic hydroxyl groups is 2. The number of anilines is 1. The van der Waals surface area contributed by atoms with Crippen LogP contribution in [0, 0.1) is 11.3 Å². The molecule has 4 atom stereocenters. The molecular weight excluding hydrogens is 388 g/mol. The monoisotopic (exact) mass is 410 g/mol. The molecule has 1 amide bonds. The summed E-state index contributed by atoms with van der Waals surface area (Å²) in [4.78, 5) is 40.0. The molecule has 1 fully saturated rings. The topological polar surface area (TPSA) is 173 Å². The summed E-state index contributed by atoms with van der Waals surface area (Å²) >= 11 is 0. The number of nitrogens with zero attached hydrogens (tertiary/aromatic N) is 3. The van der Waals surface area contributed by atoms with Crippen LogP contribution in [-0.2, 0) is 29.5 Å². The van der Waals surface area contributed by atoms with Gasteiger partial charge in [-0.3, -0.25) is 14.2 Å². The van der Waals surface area contributed by atoms with Crippen molar-refractivity contribution < 1.29 is 34.0 Å². The second kappa shape index (κ2) is 9.68. The number of carbonyl (C=O) groups excluding carboxylic acids is 2. The van der Waals surface area contributed by atoms with Gasteiger partial charge in [-0.05, 0) is 13.0 Å². The van der Waals surface area contributed by atoms with Crippen LogP contribution in [0.1, 0.15) is 20.3 Å². The molecule has 2 rings (SSSR count). The van der Waals surface area contributed by atoms with Crippen LogP contribution in [0.2, 0.25) is 0 Å². The van der Waals surface area contributed by atoms with Crippen LogP contribution in [-0.4, -0.2) is 69.8 Å². The van der Waals surface area contributed by atoms with Crippen LogP contribution >= 0.6 is 0 Å². The van der Waals surface area contributed by atoms with Gasteiger partial charge in [-0.2, -0.15) is 10.2 Å². The summed E-state index contributed by atoms with van der Waals surface area (Å²) in [6.07, 6.45) is -2.82. The van der Waals surface area contributed by atoms with E-state index in [0.717, 1.165) is 11.5 Å². The quantitative estimate of drug-likeness (QED) is 0.320. The number of rotatable bonds is 9. The van der Waals surface area contributed by atoms with Crippen molar-refractivity contribution >= 4 is 17.5 Å². The lowest BCUT2D eigenvalue weighted by Gasteiger charge is -2.33. The molecule has 1 aromatic heterocycles. The average Bonchev–Trinajstić information content (AvgIpc) is 2.94. The second-order valence-electron chi connectivity index (χ2n) is 6.25. The van der Waals surface area contributed by atoms with Crippen molar-refractivity contribution in [1.29, 1.82) is 5.26 Å². The van der Waals surface area contributed by atoms with E-state index in [0.29, 0.717) is 0 Å². The minimum Gasteiger partial charge on any atom is -0.394 e. The Balaban J connectivity index is 2.42. The van der Waals surface area contributed by atoms with E-state index in [1.807, 2.05) is 6.07 Å². The third-order valence-electron chi connectivity index (χ3n) is 4.25. The van der Waals surface area contributed by atoms with Crippen LogP contribution in [0.3, 0.4) is 0 Å². The van der Waals surface area contributed by atoms with E-state index in [-0.39, 0.29) is 18.8 Å². The molecule has 3 N–H and O–H groups in total. The largest absolute Gasteiger partial charge is 0.394 e. The number of carbonyl (C=O) groups is 2. The molecule has 158 valence electrons. The SMILES string of the molecule is CC(=O)Nc1ccn([C@]2(C(C)=O)O[C@H](CO)[C@@H](O)[C@H]2OCOCCC#N)c(=O)n1. The molecular formula is C17H22N4O8. The number of aromatic nitrogens is 2. The molecule has 0 unspecified atom stereocenters. The van der Waals surface area contributed by atoms with Gasteiger partial charge >= 0.3 is 5.69 Å². The maximum atomic E-state index is 12.6. The van der Waals surface area contributed by atoms with Gasteiger partial charge < -0.3 is 29.7 Å². The Kier molecular flexibility index (Phi) is 7.54. The summed E-state index contributed by atoms with van der Waals surface area (Å²) in [7, 11) is 0. The van der Waals surface area contributed by atoms with Gasteiger partial charge in [-0.1, -0.05) is 0 Å². The summed E-state index contributed by atoms with van der Waals surface area (Å²) in [5.74, 6) is -1.17. The number of amides is 1. The smallest absolute Gasteiger partial charge is 0.352 e. The van der Waals surface area contributed by atoms with E-state index >= 15 is 0 Å². The Morgan fingerprint density at radius 3 is 2.76 bits per heavy atom. The molecule has 0 saturated carbocycles. The zero-order valence-electron chi connectivity index (χ0n) is 15.9. The van der Waals surface area contributed by atoms with E-state index in [1.54, 1.807) is 0 Å². The minimum absolute atomic E-state index is 0.0352. The highest BCUT2D eigenvalue weighted by Gasteiger charge is 2.60. The fourth-order valence-electron chi connectivity index (χ4n) is 3.00. The summed E-state index contributed by atoms with van der Waals surface area (Å²) in [6, 6.07) is 3.16. The van der Waals surface area contributed by atoms with Gasteiger partial charge in [0.05, 0.1) is 25.7 Å². The van der Waals surface area contributed by atoms with Gasteiger partial charge in [0.15, 0.2) is 5.78 Å². The van der Waals surface area contributed by atoms with Gasteiger partial charge in [0.25, 0.3) is 0 Å². The van der Waals surface area contributed by atoms with E-state index in [1.165, 1.54) is 19.2 Å². The van der Waals surface area contributed by atoms with Gasteiger partial charge in [0, 0.05) is 13.1 Å². The van der Waals surface area contributed by atoms with Crippen molar-refractivity contribution in [1.82, 2.24) is 9.55 Å². The van der Waals surface area contributed by atoms with E-state index in [4.69, 9.17) is 19.5 Å². The minimum atomic E-state index is -2.12. The normalized spacial score (nSPS) is 26.1. The lowest BCUT2D eigenvalue weighted by molar-refractivity contribution is -0.196. The van der Waals surface area contributed by atoms with E-state index in [2.05, 4.69) is 10.3 Å². The zero-order chi connectivity index (χ0) is 21.6.